The number of carbonyl (C=O) groups excluding carboxylic acids is 1. The van der Waals surface area contributed by atoms with E-state index in [1.165, 1.54) is 0 Å². The Morgan fingerprint density at radius 3 is 2.59 bits per heavy atom. The first-order valence-electron chi connectivity index (χ1n) is 5.17. The number of hydrogen-bond donors (Lipinski definition) is 1. The van der Waals surface area contributed by atoms with Crippen molar-refractivity contribution in [3.05, 3.63) is 35.4 Å². The number of benzene rings is 1. The van der Waals surface area contributed by atoms with Crippen LogP contribution >= 0.6 is 0 Å². The molecule has 4 nitrogen and oxygen atoms in total. The molecule has 1 atom stereocenters. The Bertz CT molecular complexity index is 449. The van der Waals surface area contributed by atoms with E-state index in [9.17, 15) is 9.00 Å². The second kappa shape index (κ2) is 6.81. The van der Waals surface area contributed by atoms with Crippen molar-refractivity contribution >= 4 is 16.7 Å². The van der Waals surface area contributed by atoms with Gasteiger partial charge in [-0.05, 0) is 17.7 Å². The molecule has 5 heteroatoms. The minimum atomic E-state index is -0.884. The third-order valence-corrected chi connectivity index (χ3v) is 2.94. The van der Waals surface area contributed by atoms with Gasteiger partial charge in [0.25, 0.3) is 0 Å². The fraction of sp³-hybridized carbons (Fsp3) is 0.333. The van der Waals surface area contributed by atoms with Crippen molar-refractivity contribution in [3.8, 4) is 6.07 Å². The Labute approximate surface area is 103 Å². The average Bonchev–Trinajstić information content (AvgIpc) is 2.29. The van der Waals surface area contributed by atoms with E-state index in [0.29, 0.717) is 17.9 Å². The van der Waals surface area contributed by atoms with Crippen LogP contribution in [0.1, 0.15) is 11.1 Å². The maximum atomic E-state index is 11.5. The quantitative estimate of drug-likeness (QED) is 0.831. The van der Waals surface area contributed by atoms with Gasteiger partial charge in [-0.25, -0.2) is 0 Å². The predicted molar refractivity (Wildman–Crippen MR) is 66.8 cm³/mol. The van der Waals surface area contributed by atoms with Crippen molar-refractivity contribution < 1.29 is 9.00 Å². The fourth-order valence-corrected chi connectivity index (χ4v) is 1.67. The zero-order valence-corrected chi connectivity index (χ0v) is 10.4. The molecule has 0 aromatic heterocycles. The minimum Gasteiger partial charge on any atom is -0.355 e. The van der Waals surface area contributed by atoms with Crippen molar-refractivity contribution in [1.82, 2.24) is 5.32 Å². The molecule has 1 N–H and O–H groups in total. The molecule has 1 rings (SSSR count). The molecule has 0 saturated carbocycles. The summed E-state index contributed by atoms with van der Waals surface area (Å²) in [4.78, 5) is 11.5. The fourth-order valence-electron chi connectivity index (χ4n) is 1.28. The van der Waals surface area contributed by atoms with Crippen LogP contribution in [0.2, 0.25) is 0 Å². The van der Waals surface area contributed by atoms with Crippen LogP contribution in [0.15, 0.2) is 24.3 Å². The topological polar surface area (TPSA) is 70.0 Å². The highest BCUT2D eigenvalue weighted by Crippen LogP contribution is 2.03. The summed E-state index contributed by atoms with van der Waals surface area (Å²) >= 11 is 0. The SMILES string of the molecule is CS(=O)CCNC(=O)Cc1ccc(C#N)cc1. The zero-order chi connectivity index (χ0) is 12.7. The molecule has 0 aliphatic heterocycles. The molecule has 1 amide bonds. The van der Waals surface area contributed by atoms with E-state index in [2.05, 4.69) is 5.32 Å². The standard InChI is InChI=1S/C12H14N2O2S/c1-17(16)7-6-14-12(15)8-10-2-4-11(9-13)5-3-10/h2-5H,6-8H2,1H3,(H,14,15). The Morgan fingerprint density at radius 1 is 1.41 bits per heavy atom. The first kappa shape index (κ1) is 13.4. The molecule has 1 aromatic rings. The normalized spacial score (nSPS) is 11.5. The summed E-state index contributed by atoms with van der Waals surface area (Å²) in [5, 5.41) is 11.3. The first-order valence-corrected chi connectivity index (χ1v) is 6.90. The van der Waals surface area contributed by atoms with E-state index >= 15 is 0 Å². The molecule has 0 radical (unpaired) electrons. The number of rotatable bonds is 5. The van der Waals surface area contributed by atoms with Crippen molar-refractivity contribution in [3.63, 3.8) is 0 Å². The molecule has 0 heterocycles. The summed E-state index contributed by atoms with van der Waals surface area (Å²) in [6, 6.07) is 8.91. The second-order valence-corrected chi connectivity index (χ2v) is 5.17. The van der Waals surface area contributed by atoms with Gasteiger partial charge in [-0.3, -0.25) is 9.00 Å². The summed E-state index contributed by atoms with van der Waals surface area (Å²) in [6.45, 7) is 0.429. The van der Waals surface area contributed by atoms with Crippen LogP contribution in [0.4, 0.5) is 0 Å². The monoisotopic (exact) mass is 250 g/mol. The summed E-state index contributed by atoms with van der Waals surface area (Å²) in [7, 11) is -0.884. The van der Waals surface area contributed by atoms with Gasteiger partial charge in [0.15, 0.2) is 0 Å². The van der Waals surface area contributed by atoms with E-state index in [-0.39, 0.29) is 12.3 Å². The van der Waals surface area contributed by atoms with Crippen molar-refractivity contribution in [2.24, 2.45) is 0 Å². The van der Waals surface area contributed by atoms with Gasteiger partial charge in [-0.2, -0.15) is 5.26 Å². The number of carbonyl (C=O) groups is 1. The molecule has 1 unspecified atom stereocenters. The lowest BCUT2D eigenvalue weighted by atomic mass is 10.1. The number of nitrogens with zero attached hydrogens (tertiary/aromatic N) is 1. The maximum Gasteiger partial charge on any atom is 0.224 e. The Hall–Kier alpha value is -1.67. The lowest BCUT2D eigenvalue weighted by Gasteiger charge is -2.04. The highest BCUT2D eigenvalue weighted by Gasteiger charge is 2.03. The lowest BCUT2D eigenvalue weighted by Crippen LogP contribution is -2.28. The lowest BCUT2D eigenvalue weighted by molar-refractivity contribution is -0.120. The molecule has 1 aromatic carbocycles. The average molecular weight is 250 g/mol. The summed E-state index contributed by atoms with van der Waals surface area (Å²) < 4.78 is 10.8. The molecule has 0 saturated heterocycles. The van der Waals surface area contributed by atoms with Crippen LogP contribution in [0, 0.1) is 11.3 Å². The Balaban J connectivity index is 2.40. The van der Waals surface area contributed by atoms with Crippen LogP contribution in [-0.4, -0.2) is 28.7 Å². The highest BCUT2D eigenvalue weighted by molar-refractivity contribution is 7.84. The molecule has 17 heavy (non-hydrogen) atoms. The third kappa shape index (κ3) is 5.27. The molecule has 0 spiro atoms. The first-order chi connectivity index (χ1) is 8.11. The van der Waals surface area contributed by atoms with Crippen LogP contribution in [-0.2, 0) is 22.0 Å². The van der Waals surface area contributed by atoms with Gasteiger partial charge < -0.3 is 5.32 Å². The number of nitrogens with one attached hydrogen (secondary N) is 1. The van der Waals surface area contributed by atoms with Gasteiger partial charge in [0.05, 0.1) is 18.1 Å². The highest BCUT2D eigenvalue weighted by atomic mass is 32.2. The maximum absolute atomic E-state index is 11.5. The van der Waals surface area contributed by atoms with Gasteiger partial charge in [0.1, 0.15) is 0 Å². The summed E-state index contributed by atoms with van der Waals surface area (Å²) in [6.07, 6.45) is 1.88. The molecule has 90 valence electrons. The number of hydrogen-bond acceptors (Lipinski definition) is 3. The van der Waals surface area contributed by atoms with E-state index in [1.807, 2.05) is 6.07 Å². The minimum absolute atomic E-state index is 0.0971. The van der Waals surface area contributed by atoms with Crippen molar-refractivity contribution in [2.75, 3.05) is 18.6 Å². The van der Waals surface area contributed by atoms with Gasteiger partial charge in [-0.15, -0.1) is 0 Å². The molecular formula is C12H14N2O2S. The number of nitriles is 1. The van der Waals surface area contributed by atoms with E-state index in [0.717, 1.165) is 5.56 Å². The van der Waals surface area contributed by atoms with Crippen LogP contribution < -0.4 is 5.32 Å². The molecule has 0 aliphatic carbocycles. The second-order valence-electron chi connectivity index (χ2n) is 3.61. The van der Waals surface area contributed by atoms with Crippen molar-refractivity contribution in [1.29, 1.82) is 5.26 Å². The van der Waals surface area contributed by atoms with Gasteiger partial charge in [-0.1, -0.05) is 12.1 Å². The van der Waals surface area contributed by atoms with E-state index < -0.39 is 10.8 Å². The molecule has 0 bridgehead atoms. The summed E-state index contributed by atoms with van der Waals surface area (Å²) in [5.41, 5.74) is 1.44. The van der Waals surface area contributed by atoms with Crippen LogP contribution in [0.5, 0.6) is 0 Å². The summed E-state index contributed by atoms with van der Waals surface area (Å²) in [5.74, 6) is 0.374. The Kier molecular flexibility index (Phi) is 5.37. The largest absolute Gasteiger partial charge is 0.355 e. The molecular weight excluding hydrogens is 236 g/mol. The number of amides is 1. The third-order valence-electron chi connectivity index (χ3n) is 2.16. The van der Waals surface area contributed by atoms with Crippen LogP contribution in [0.25, 0.3) is 0 Å². The molecule has 0 fully saturated rings. The van der Waals surface area contributed by atoms with Gasteiger partial charge in [0, 0.05) is 29.4 Å². The van der Waals surface area contributed by atoms with Crippen LogP contribution in [0.3, 0.4) is 0 Å². The van der Waals surface area contributed by atoms with E-state index in [1.54, 1.807) is 30.5 Å². The predicted octanol–water partition coefficient (Wildman–Crippen LogP) is 0.595. The Morgan fingerprint density at radius 2 is 2.06 bits per heavy atom. The van der Waals surface area contributed by atoms with Crippen molar-refractivity contribution in [2.45, 2.75) is 6.42 Å². The zero-order valence-electron chi connectivity index (χ0n) is 9.60. The van der Waals surface area contributed by atoms with Gasteiger partial charge >= 0.3 is 0 Å². The molecule has 0 aliphatic rings. The van der Waals surface area contributed by atoms with E-state index in [4.69, 9.17) is 5.26 Å². The van der Waals surface area contributed by atoms with Gasteiger partial charge in [0.2, 0.25) is 5.91 Å². The smallest absolute Gasteiger partial charge is 0.224 e.